The van der Waals surface area contributed by atoms with Crippen LogP contribution in [0.3, 0.4) is 0 Å². The zero-order chi connectivity index (χ0) is 10.8. The van der Waals surface area contributed by atoms with E-state index >= 15 is 0 Å². The average molecular weight is 381 g/mol. The van der Waals surface area contributed by atoms with E-state index in [0.717, 1.165) is 9.13 Å². The molecule has 0 N–H and O–H groups in total. The predicted molar refractivity (Wildman–Crippen MR) is 58.5 cm³/mol. The molecule has 0 amide bonds. The van der Waals surface area contributed by atoms with E-state index in [-0.39, 0.29) is 5.75 Å². The van der Waals surface area contributed by atoms with Gasteiger partial charge in [-0.25, -0.2) is 0 Å². The summed E-state index contributed by atoms with van der Waals surface area (Å²) >= 11 is 5.19. The Labute approximate surface area is 101 Å². The van der Waals surface area contributed by atoms with Crippen LogP contribution >= 0.6 is 38.5 Å². The van der Waals surface area contributed by atoms with E-state index in [1.54, 1.807) is 6.07 Å². The number of alkyl halides is 4. The highest BCUT2D eigenvalue weighted by atomic mass is 127. The molecular formula is C8H5BrF3IO. The van der Waals surface area contributed by atoms with E-state index in [4.69, 9.17) is 0 Å². The molecule has 1 aromatic carbocycles. The van der Waals surface area contributed by atoms with Gasteiger partial charge in [0.25, 0.3) is 0 Å². The highest BCUT2D eigenvalue weighted by Crippen LogP contribution is 2.26. The molecule has 0 aliphatic heterocycles. The summed E-state index contributed by atoms with van der Waals surface area (Å²) in [5, 5.41) is 0.609. The van der Waals surface area contributed by atoms with Gasteiger partial charge in [-0.1, -0.05) is 22.0 Å². The molecule has 1 rings (SSSR count). The molecule has 14 heavy (non-hydrogen) atoms. The molecule has 0 aliphatic rings. The average Bonchev–Trinajstić information content (AvgIpc) is 2.01. The van der Waals surface area contributed by atoms with Crippen molar-refractivity contribution in [3.63, 3.8) is 0 Å². The molecule has 0 radical (unpaired) electrons. The molecular weight excluding hydrogens is 376 g/mol. The summed E-state index contributed by atoms with van der Waals surface area (Å²) in [6.07, 6.45) is -4.63. The molecule has 1 nitrogen and oxygen atoms in total. The third-order valence-corrected chi connectivity index (χ3v) is 3.01. The normalized spacial score (nSPS) is 11.5. The van der Waals surface area contributed by atoms with Crippen molar-refractivity contribution in [2.24, 2.45) is 0 Å². The number of benzene rings is 1. The molecule has 0 fully saturated rings. The van der Waals surface area contributed by atoms with Crippen molar-refractivity contribution >= 4 is 38.5 Å². The largest absolute Gasteiger partial charge is 0.573 e. The Kier molecular flexibility index (Phi) is 4.05. The Morgan fingerprint density at radius 2 is 2.00 bits per heavy atom. The van der Waals surface area contributed by atoms with Crippen molar-refractivity contribution in [3.05, 3.63) is 27.3 Å². The Morgan fingerprint density at radius 3 is 2.43 bits per heavy atom. The van der Waals surface area contributed by atoms with Gasteiger partial charge in [-0.15, -0.1) is 13.2 Å². The van der Waals surface area contributed by atoms with E-state index in [2.05, 4.69) is 20.7 Å². The van der Waals surface area contributed by atoms with E-state index in [9.17, 15) is 13.2 Å². The first-order chi connectivity index (χ1) is 6.42. The summed E-state index contributed by atoms with van der Waals surface area (Å²) in [6.45, 7) is 0. The second kappa shape index (κ2) is 4.69. The first-order valence-corrected chi connectivity index (χ1v) is 5.72. The topological polar surface area (TPSA) is 9.23 Å². The Morgan fingerprint density at radius 1 is 1.36 bits per heavy atom. The molecule has 0 heterocycles. The van der Waals surface area contributed by atoms with E-state index in [0.29, 0.717) is 5.33 Å². The van der Waals surface area contributed by atoms with Crippen molar-refractivity contribution in [3.8, 4) is 5.75 Å². The minimum absolute atomic E-state index is 0.188. The van der Waals surface area contributed by atoms with Gasteiger partial charge >= 0.3 is 6.36 Å². The zero-order valence-electron chi connectivity index (χ0n) is 6.74. The number of rotatable bonds is 2. The van der Waals surface area contributed by atoms with Crippen molar-refractivity contribution in [1.82, 2.24) is 0 Å². The first kappa shape index (κ1) is 12.1. The number of ether oxygens (including phenoxy) is 1. The third-order valence-electron chi connectivity index (χ3n) is 1.40. The highest BCUT2D eigenvalue weighted by molar-refractivity contribution is 14.1. The van der Waals surface area contributed by atoms with Crippen LogP contribution in [0.4, 0.5) is 13.2 Å². The molecule has 0 spiro atoms. The Bertz CT molecular complexity index is 327. The van der Waals surface area contributed by atoms with Gasteiger partial charge in [0.15, 0.2) is 0 Å². The standard InChI is InChI=1S/C8H5BrF3IO/c9-4-5-1-2-6(3-7(5)13)14-8(10,11)12/h1-3H,4H2. The monoisotopic (exact) mass is 380 g/mol. The fraction of sp³-hybridized carbons (Fsp3) is 0.250. The van der Waals surface area contributed by atoms with E-state index < -0.39 is 6.36 Å². The summed E-state index contributed by atoms with van der Waals surface area (Å²) in [7, 11) is 0. The maximum atomic E-state index is 11.8. The fourth-order valence-electron chi connectivity index (χ4n) is 0.834. The Hall–Kier alpha value is 0.0200. The van der Waals surface area contributed by atoms with Gasteiger partial charge in [0.2, 0.25) is 0 Å². The zero-order valence-corrected chi connectivity index (χ0v) is 10.5. The van der Waals surface area contributed by atoms with Crippen LogP contribution in [-0.2, 0) is 5.33 Å². The molecule has 0 bridgehead atoms. The molecule has 0 saturated carbocycles. The lowest BCUT2D eigenvalue weighted by Crippen LogP contribution is -2.17. The minimum atomic E-state index is -4.63. The maximum absolute atomic E-state index is 11.8. The summed E-state index contributed by atoms with van der Waals surface area (Å²) < 4.78 is 40.0. The van der Waals surface area contributed by atoms with Crippen LogP contribution in [0.5, 0.6) is 5.75 Å². The van der Waals surface area contributed by atoms with Crippen LogP contribution in [0.1, 0.15) is 5.56 Å². The molecule has 0 unspecified atom stereocenters. The molecule has 78 valence electrons. The van der Waals surface area contributed by atoms with Crippen LogP contribution in [0.25, 0.3) is 0 Å². The quantitative estimate of drug-likeness (QED) is 0.554. The van der Waals surface area contributed by atoms with Gasteiger partial charge in [0.05, 0.1) is 0 Å². The number of halogens is 5. The van der Waals surface area contributed by atoms with Gasteiger partial charge in [0, 0.05) is 8.90 Å². The number of hydrogen-bond acceptors (Lipinski definition) is 1. The van der Waals surface area contributed by atoms with Crippen molar-refractivity contribution in [2.45, 2.75) is 11.7 Å². The van der Waals surface area contributed by atoms with E-state index in [1.807, 2.05) is 22.6 Å². The molecule has 0 aliphatic carbocycles. The number of hydrogen-bond donors (Lipinski definition) is 0. The SMILES string of the molecule is FC(F)(F)Oc1ccc(CBr)c(I)c1. The van der Waals surface area contributed by atoms with E-state index in [1.165, 1.54) is 12.1 Å². The summed E-state index contributed by atoms with van der Waals surface area (Å²) in [6, 6.07) is 4.24. The lowest BCUT2D eigenvalue weighted by atomic mass is 10.2. The third kappa shape index (κ3) is 3.64. The fourth-order valence-corrected chi connectivity index (χ4v) is 2.52. The molecule has 0 atom stereocenters. The van der Waals surface area contributed by atoms with Crippen LogP contribution in [0, 0.1) is 3.57 Å². The second-order valence-corrected chi connectivity index (χ2v) is 4.16. The lowest BCUT2D eigenvalue weighted by molar-refractivity contribution is -0.274. The molecule has 6 heteroatoms. The summed E-state index contributed by atoms with van der Waals surface area (Å²) in [4.78, 5) is 0. The van der Waals surface area contributed by atoms with Gasteiger partial charge in [0.1, 0.15) is 5.75 Å². The predicted octanol–water partition coefficient (Wildman–Crippen LogP) is 4.08. The van der Waals surface area contributed by atoms with Gasteiger partial charge < -0.3 is 4.74 Å². The van der Waals surface area contributed by atoms with Crippen molar-refractivity contribution < 1.29 is 17.9 Å². The second-order valence-electron chi connectivity index (χ2n) is 2.43. The van der Waals surface area contributed by atoms with Crippen molar-refractivity contribution in [1.29, 1.82) is 0 Å². The molecule has 0 saturated heterocycles. The van der Waals surface area contributed by atoms with Crippen LogP contribution in [-0.4, -0.2) is 6.36 Å². The first-order valence-electron chi connectivity index (χ1n) is 3.52. The molecule has 0 aromatic heterocycles. The summed E-state index contributed by atoms with van der Waals surface area (Å²) in [5.74, 6) is -0.188. The van der Waals surface area contributed by atoms with Crippen LogP contribution < -0.4 is 4.74 Å². The maximum Gasteiger partial charge on any atom is 0.573 e. The van der Waals surface area contributed by atoms with Gasteiger partial charge in [-0.2, -0.15) is 0 Å². The lowest BCUT2D eigenvalue weighted by Gasteiger charge is -2.09. The summed E-state index contributed by atoms with van der Waals surface area (Å²) in [5.41, 5.74) is 0.931. The minimum Gasteiger partial charge on any atom is -0.406 e. The molecule has 1 aromatic rings. The Balaban J connectivity index is 2.87. The van der Waals surface area contributed by atoms with Crippen LogP contribution in [0.2, 0.25) is 0 Å². The van der Waals surface area contributed by atoms with Crippen molar-refractivity contribution in [2.75, 3.05) is 0 Å². The van der Waals surface area contributed by atoms with Gasteiger partial charge in [-0.3, -0.25) is 0 Å². The highest BCUT2D eigenvalue weighted by Gasteiger charge is 2.31. The van der Waals surface area contributed by atoms with Gasteiger partial charge in [-0.05, 0) is 40.3 Å². The smallest absolute Gasteiger partial charge is 0.406 e. The van der Waals surface area contributed by atoms with Crippen LogP contribution in [0.15, 0.2) is 18.2 Å².